The van der Waals surface area contributed by atoms with Crippen LogP contribution in [-0.2, 0) is 0 Å². The molecule has 0 spiro atoms. The fourth-order valence-corrected chi connectivity index (χ4v) is 2.16. The Kier molecular flexibility index (Phi) is 7.20. The van der Waals surface area contributed by atoms with E-state index in [2.05, 4.69) is 51.9 Å². The first-order valence-electron chi connectivity index (χ1n) is 6.40. The Labute approximate surface area is 101 Å². The van der Waals surface area contributed by atoms with Crippen molar-refractivity contribution in [1.82, 2.24) is 10.2 Å². The van der Waals surface area contributed by atoms with E-state index in [-0.39, 0.29) is 12.1 Å². The van der Waals surface area contributed by atoms with Gasteiger partial charge in [-0.05, 0) is 39.8 Å². The van der Waals surface area contributed by atoms with Gasteiger partial charge in [-0.15, -0.1) is 0 Å². The Balaban J connectivity index is 4.23. The maximum atomic E-state index is 9.44. The molecule has 0 bridgehead atoms. The predicted octanol–water partition coefficient (Wildman–Crippen LogP) is 1.71. The van der Waals surface area contributed by atoms with Gasteiger partial charge in [0.15, 0.2) is 0 Å². The summed E-state index contributed by atoms with van der Waals surface area (Å²) in [5.74, 6) is 0.719. The molecule has 2 unspecified atom stereocenters. The predicted molar refractivity (Wildman–Crippen MR) is 70.7 cm³/mol. The summed E-state index contributed by atoms with van der Waals surface area (Å²) in [5, 5.41) is 12.8. The van der Waals surface area contributed by atoms with Crippen molar-refractivity contribution in [3.63, 3.8) is 0 Å². The Morgan fingerprint density at radius 3 is 2.25 bits per heavy atom. The molecule has 3 heteroatoms. The topological polar surface area (TPSA) is 35.5 Å². The van der Waals surface area contributed by atoms with E-state index in [4.69, 9.17) is 0 Å². The monoisotopic (exact) mass is 230 g/mol. The van der Waals surface area contributed by atoms with Gasteiger partial charge in [-0.2, -0.15) is 0 Å². The first-order chi connectivity index (χ1) is 7.34. The minimum Gasteiger partial charge on any atom is -0.394 e. The Morgan fingerprint density at radius 2 is 1.88 bits per heavy atom. The largest absolute Gasteiger partial charge is 0.394 e. The molecule has 2 atom stereocenters. The van der Waals surface area contributed by atoms with E-state index < -0.39 is 0 Å². The smallest absolute Gasteiger partial charge is 0.0623 e. The molecule has 0 aromatic carbocycles. The maximum Gasteiger partial charge on any atom is 0.0623 e. The summed E-state index contributed by atoms with van der Waals surface area (Å²) >= 11 is 0. The molecule has 3 nitrogen and oxygen atoms in total. The van der Waals surface area contributed by atoms with Crippen LogP contribution in [0.4, 0.5) is 0 Å². The van der Waals surface area contributed by atoms with Crippen LogP contribution in [0, 0.1) is 5.92 Å². The third kappa shape index (κ3) is 5.83. The number of hydrogen-bond donors (Lipinski definition) is 2. The SMILES string of the molecule is CCNC(C)(CO)CN(C)C(C)CC(C)C. The van der Waals surface area contributed by atoms with E-state index in [1.54, 1.807) is 0 Å². The van der Waals surface area contributed by atoms with Crippen LogP contribution in [0.1, 0.15) is 41.0 Å². The second-order valence-electron chi connectivity index (χ2n) is 5.64. The minimum atomic E-state index is -0.186. The van der Waals surface area contributed by atoms with Gasteiger partial charge in [0.05, 0.1) is 12.1 Å². The average Bonchev–Trinajstić information content (AvgIpc) is 2.17. The van der Waals surface area contributed by atoms with Crippen molar-refractivity contribution in [3.05, 3.63) is 0 Å². The van der Waals surface area contributed by atoms with Gasteiger partial charge < -0.3 is 15.3 Å². The number of nitrogens with zero attached hydrogens (tertiary/aromatic N) is 1. The molecule has 0 amide bonds. The highest BCUT2D eigenvalue weighted by Crippen LogP contribution is 2.13. The molecule has 0 radical (unpaired) electrons. The van der Waals surface area contributed by atoms with E-state index in [9.17, 15) is 5.11 Å². The van der Waals surface area contributed by atoms with Gasteiger partial charge in [0, 0.05) is 12.6 Å². The lowest BCUT2D eigenvalue weighted by Gasteiger charge is -2.36. The van der Waals surface area contributed by atoms with E-state index >= 15 is 0 Å². The normalized spacial score (nSPS) is 17.8. The lowest BCUT2D eigenvalue weighted by atomic mass is 9.99. The number of nitrogens with one attached hydrogen (secondary N) is 1. The molecule has 0 aliphatic heterocycles. The van der Waals surface area contributed by atoms with Crippen molar-refractivity contribution in [2.75, 3.05) is 26.7 Å². The summed E-state index contributed by atoms with van der Waals surface area (Å²) < 4.78 is 0. The molecule has 0 aliphatic carbocycles. The zero-order chi connectivity index (χ0) is 12.8. The maximum absolute atomic E-state index is 9.44. The highest BCUT2D eigenvalue weighted by atomic mass is 16.3. The molecule has 0 rings (SSSR count). The second-order valence-corrected chi connectivity index (χ2v) is 5.64. The summed E-state index contributed by atoms with van der Waals surface area (Å²) in [6.45, 7) is 12.9. The highest BCUT2D eigenvalue weighted by molar-refractivity contribution is 4.86. The van der Waals surface area contributed by atoms with Crippen LogP contribution in [0.15, 0.2) is 0 Å². The summed E-state index contributed by atoms with van der Waals surface area (Å²) in [7, 11) is 2.14. The van der Waals surface area contributed by atoms with Crippen LogP contribution in [0.3, 0.4) is 0 Å². The quantitative estimate of drug-likeness (QED) is 0.666. The first-order valence-corrected chi connectivity index (χ1v) is 6.40. The molecule has 98 valence electrons. The summed E-state index contributed by atoms with van der Waals surface area (Å²) in [6, 6.07) is 0.560. The summed E-state index contributed by atoms with van der Waals surface area (Å²) in [6.07, 6.45) is 1.20. The molecule has 0 saturated carbocycles. The minimum absolute atomic E-state index is 0.180. The molecule has 0 heterocycles. The van der Waals surface area contributed by atoms with Crippen molar-refractivity contribution >= 4 is 0 Å². The number of aliphatic hydroxyl groups is 1. The fraction of sp³-hybridized carbons (Fsp3) is 1.00. The van der Waals surface area contributed by atoms with Gasteiger partial charge in [-0.3, -0.25) is 0 Å². The van der Waals surface area contributed by atoms with Crippen LogP contribution >= 0.6 is 0 Å². The number of rotatable bonds is 8. The summed E-state index contributed by atoms with van der Waals surface area (Å²) in [5.41, 5.74) is -0.186. The van der Waals surface area contributed by atoms with Gasteiger partial charge in [0.1, 0.15) is 0 Å². The van der Waals surface area contributed by atoms with E-state index in [0.717, 1.165) is 19.0 Å². The molecule has 0 aromatic rings. The molecule has 0 saturated heterocycles. The van der Waals surface area contributed by atoms with Gasteiger partial charge in [0.25, 0.3) is 0 Å². The van der Waals surface area contributed by atoms with Crippen LogP contribution in [0.25, 0.3) is 0 Å². The standard InChI is InChI=1S/C13H30N2O/c1-7-14-13(5,10-16)9-15(6)12(4)8-11(2)3/h11-12,14,16H,7-10H2,1-6H3. The van der Waals surface area contributed by atoms with Gasteiger partial charge in [-0.1, -0.05) is 20.8 Å². The van der Waals surface area contributed by atoms with Gasteiger partial charge in [-0.25, -0.2) is 0 Å². The van der Waals surface area contributed by atoms with Gasteiger partial charge in [0.2, 0.25) is 0 Å². The molecular weight excluding hydrogens is 200 g/mol. The van der Waals surface area contributed by atoms with Crippen LogP contribution in [-0.4, -0.2) is 48.3 Å². The van der Waals surface area contributed by atoms with Crippen LogP contribution in [0.2, 0.25) is 0 Å². The summed E-state index contributed by atoms with van der Waals surface area (Å²) in [4.78, 5) is 2.33. The third-order valence-corrected chi connectivity index (χ3v) is 3.12. The lowest BCUT2D eigenvalue weighted by molar-refractivity contribution is 0.111. The molecule has 16 heavy (non-hydrogen) atoms. The van der Waals surface area contributed by atoms with Crippen molar-refractivity contribution in [1.29, 1.82) is 0 Å². The van der Waals surface area contributed by atoms with Crippen molar-refractivity contribution < 1.29 is 5.11 Å². The Hall–Kier alpha value is -0.120. The van der Waals surface area contributed by atoms with Crippen molar-refractivity contribution in [3.8, 4) is 0 Å². The number of likely N-dealkylation sites (N-methyl/N-ethyl adjacent to an activating group) is 2. The number of aliphatic hydroxyl groups excluding tert-OH is 1. The Morgan fingerprint density at radius 1 is 1.31 bits per heavy atom. The van der Waals surface area contributed by atoms with E-state index in [1.165, 1.54) is 6.42 Å². The molecule has 0 aliphatic rings. The first kappa shape index (κ1) is 15.9. The molecular formula is C13H30N2O. The average molecular weight is 230 g/mol. The zero-order valence-electron chi connectivity index (χ0n) is 11.9. The van der Waals surface area contributed by atoms with Crippen LogP contribution in [0.5, 0.6) is 0 Å². The second kappa shape index (κ2) is 7.25. The van der Waals surface area contributed by atoms with Crippen LogP contribution < -0.4 is 5.32 Å². The van der Waals surface area contributed by atoms with Gasteiger partial charge >= 0.3 is 0 Å². The van der Waals surface area contributed by atoms with E-state index in [0.29, 0.717) is 6.04 Å². The van der Waals surface area contributed by atoms with E-state index in [1.807, 2.05) is 0 Å². The number of hydrogen-bond acceptors (Lipinski definition) is 3. The molecule has 0 fully saturated rings. The molecule has 0 aromatic heterocycles. The van der Waals surface area contributed by atoms with Crippen molar-refractivity contribution in [2.24, 2.45) is 5.92 Å². The third-order valence-electron chi connectivity index (χ3n) is 3.12. The van der Waals surface area contributed by atoms with Crippen molar-refractivity contribution in [2.45, 2.75) is 52.6 Å². The highest BCUT2D eigenvalue weighted by Gasteiger charge is 2.25. The zero-order valence-corrected chi connectivity index (χ0v) is 11.9. The fourth-order valence-electron chi connectivity index (χ4n) is 2.16. The molecule has 2 N–H and O–H groups in total. The Bertz CT molecular complexity index is 185. The lowest BCUT2D eigenvalue weighted by Crippen LogP contribution is -2.54.